The van der Waals surface area contributed by atoms with E-state index in [0.717, 1.165) is 51.4 Å². The number of allylic oxidation sites excluding steroid dienone is 7. The van der Waals surface area contributed by atoms with E-state index in [1.54, 1.807) is 6.08 Å². The highest BCUT2D eigenvalue weighted by molar-refractivity contribution is 5.76. The molecular formula is C69H129NO5. The fourth-order valence-corrected chi connectivity index (χ4v) is 10.2. The van der Waals surface area contributed by atoms with Gasteiger partial charge < -0.3 is 20.3 Å². The minimum Gasteiger partial charge on any atom is -0.466 e. The number of ether oxygens (including phenoxy) is 1. The Morgan fingerprint density at radius 2 is 0.667 bits per heavy atom. The molecule has 6 nitrogen and oxygen atoms in total. The van der Waals surface area contributed by atoms with Gasteiger partial charge in [0.25, 0.3) is 0 Å². The second kappa shape index (κ2) is 64.3. The Morgan fingerprint density at radius 3 is 1.05 bits per heavy atom. The van der Waals surface area contributed by atoms with Gasteiger partial charge in [-0.2, -0.15) is 0 Å². The molecule has 2 unspecified atom stereocenters. The summed E-state index contributed by atoms with van der Waals surface area (Å²) >= 11 is 0. The molecule has 1 amide bonds. The van der Waals surface area contributed by atoms with Crippen molar-refractivity contribution in [2.75, 3.05) is 13.2 Å². The molecule has 0 aliphatic heterocycles. The van der Waals surface area contributed by atoms with Gasteiger partial charge in [-0.05, 0) is 89.9 Å². The highest BCUT2D eigenvalue weighted by Gasteiger charge is 2.18. The first-order chi connectivity index (χ1) is 37.0. The van der Waals surface area contributed by atoms with Crippen molar-refractivity contribution in [2.24, 2.45) is 0 Å². The van der Waals surface area contributed by atoms with Crippen LogP contribution in [0, 0.1) is 0 Å². The van der Waals surface area contributed by atoms with Gasteiger partial charge in [-0.15, -0.1) is 0 Å². The van der Waals surface area contributed by atoms with Crippen LogP contribution in [-0.2, 0) is 14.3 Å². The summed E-state index contributed by atoms with van der Waals surface area (Å²) in [6.07, 6.45) is 83.3. The summed E-state index contributed by atoms with van der Waals surface area (Å²) < 4.78 is 5.48. The van der Waals surface area contributed by atoms with Gasteiger partial charge in [-0.25, -0.2) is 0 Å². The molecule has 0 aliphatic carbocycles. The smallest absolute Gasteiger partial charge is 0.305 e. The molecule has 0 aliphatic rings. The zero-order valence-corrected chi connectivity index (χ0v) is 50.3. The number of esters is 1. The van der Waals surface area contributed by atoms with Crippen molar-refractivity contribution in [3.63, 3.8) is 0 Å². The van der Waals surface area contributed by atoms with Gasteiger partial charge in [0, 0.05) is 12.8 Å². The molecule has 6 heteroatoms. The third-order valence-corrected chi connectivity index (χ3v) is 15.3. The molecule has 0 aromatic carbocycles. The van der Waals surface area contributed by atoms with E-state index in [-0.39, 0.29) is 18.5 Å². The summed E-state index contributed by atoms with van der Waals surface area (Å²) in [5, 5.41) is 23.1. The van der Waals surface area contributed by atoms with Crippen LogP contribution < -0.4 is 5.32 Å². The minimum atomic E-state index is -0.842. The van der Waals surface area contributed by atoms with Crippen LogP contribution in [0.1, 0.15) is 354 Å². The molecule has 0 bridgehead atoms. The Morgan fingerprint density at radius 1 is 0.373 bits per heavy atom. The Kier molecular flexibility index (Phi) is 62.5. The third-order valence-electron chi connectivity index (χ3n) is 15.3. The number of carbonyl (C=O) groups is 2. The van der Waals surface area contributed by atoms with Gasteiger partial charge in [0.1, 0.15) is 0 Å². The molecule has 0 aromatic rings. The van der Waals surface area contributed by atoms with E-state index in [0.29, 0.717) is 19.4 Å². The number of rotatable bonds is 62. The van der Waals surface area contributed by atoms with Crippen LogP contribution in [0.2, 0.25) is 0 Å². The van der Waals surface area contributed by atoms with E-state index < -0.39 is 12.1 Å². The van der Waals surface area contributed by atoms with Crippen LogP contribution in [0.3, 0.4) is 0 Å². The highest BCUT2D eigenvalue weighted by Crippen LogP contribution is 2.17. The molecule has 0 heterocycles. The molecule has 0 aromatic heterocycles. The molecule has 0 saturated heterocycles. The summed E-state index contributed by atoms with van der Waals surface area (Å²) in [4.78, 5) is 24.5. The average molecular weight is 1050 g/mol. The SMILES string of the molecule is CCCCC/C=C\C/C=C\CCCCCCCC(=O)OCCCCCCCCCCCCCC/C=C\CCCCCCCCCCCCCCCCCC(=O)NC(CO)C(O)/C=C/CCCCCCCCCCCC. The number of hydrogen-bond donors (Lipinski definition) is 3. The molecule has 440 valence electrons. The van der Waals surface area contributed by atoms with Gasteiger partial charge in [0.2, 0.25) is 5.91 Å². The normalized spacial score (nSPS) is 12.9. The van der Waals surface area contributed by atoms with Crippen molar-refractivity contribution in [1.82, 2.24) is 5.32 Å². The Hall–Kier alpha value is -2.18. The Balaban J connectivity index is 3.37. The predicted octanol–water partition coefficient (Wildman–Crippen LogP) is 21.3. The van der Waals surface area contributed by atoms with Gasteiger partial charge >= 0.3 is 5.97 Å². The summed E-state index contributed by atoms with van der Waals surface area (Å²) in [6.45, 7) is 4.88. The van der Waals surface area contributed by atoms with Crippen LogP contribution in [-0.4, -0.2) is 47.4 Å². The average Bonchev–Trinajstić information content (AvgIpc) is 3.41. The van der Waals surface area contributed by atoms with E-state index in [2.05, 4.69) is 55.6 Å². The monoisotopic (exact) mass is 1050 g/mol. The quantitative estimate of drug-likeness (QED) is 0.0320. The number of carbonyl (C=O) groups excluding carboxylic acids is 2. The summed E-state index contributed by atoms with van der Waals surface area (Å²) in [7, 11) is 0. The summed E-state index contributed by atoms with van der Waals surface area (Å²) in [5.74, 6) is -0.0628. The molecule has 3 N–H and O–H groups in total. The number of hydrogen-bond acceptors (Lipinski definition) is 5. The first-order valence-corrected chi connectivity index (χ1v) is 33.4. The van der Waals surface area contributed by atoms with E-state index in [4.69, 9.17) is 4.74 Å². The third kappa shape index (κ3) is 60.9. The fourth-order valence-electron chi connectivity index (χ4n) is 10.2. The zero-order chi connectivity index (χ0) is 54.3. The summed E-state index contributed by atoms with van der Waals surface area (Å²) in [5.41, 5.74) is 0. The van der Waals surface area contributed by atoms with Crippen LogP contribution >= 0.6 is 0 Å². The first-order valence-electron chi connectivity index (χ1n) is 33.4. The van der Waals surface area contributed by atoms with Crippen molar-refractivity contribution < 1.29 is 24.5 Å². The minimum absolute atomic E-state index is 0.00314. The lowest BCUT2D eigenvalue weighted by Crippen LogP contribution is -2.45. The predicted molar refractivity (Wildman–Crippen MR) is 329 cm³/mol. The van der Waals surface area contributed by atoms with Crippen molar-refractivity contribution in [1.29, 1.82) is 0 Å². The number of aliphatic hydroxyl groups is 2. The fraction of sp³-hybridized carbons (Fsp3) is 0.855. The lowest BCUT2D eigenvalue weighted by Gasteiger charge is -2.20. The number of unbranched alkanes of at least 4 members (excludes halogenated alkanes) is 45. The number of nitrogens with one attached hydrogen (secondary N) is 1. The Labute approximate surface area is 467 Å². The molecular weight excluding hydrogens is 923 g/mol. The maximum atomic E-state index is 12.4. The standard InChI is InChI=1S/C69H129NO5/c1-3-5-7-9-11-13-15-17-35-39-43-47-51-55-59-63-69(74)75-64-60-56-52-48-44-40-37-34-32-30-28-26-24-22-20-18-19-21-23-25-27-29-31-33-36-38-42-46-50-54-58-62-68(73)70-66(65-71)67(72)61-57-53-49-45-41-16-14-12-10-8-6-4-2/h11,13,17,20,22,35,57,61,66-67,71-72H,3-10,12,14-16,18-19,21,23-34,36-56,58-60,62-65H2,1-2H3,(H,70,73)/b13-11-,22-20-,35-17-,61-57+. The van der Waals surface area contributed by atoms with Crippen molar-refractivity contribution in [3.05, 3.63) is 48.6 Å². The lowest BCUT2D eigenvalue weighted by molar-refractivity contribution is -0.143. The van der Waals surface area contributed by atoms with E-state index in [9.17, 15) is 19.8 Å². The molecule has 75 heavy (non-hydrogen) atoms. The zero-order valence-electron chi connectivity index (χ0n) is 50.3. The highest BCUT2D eigenvalue weighted by atomic mass is 16.5. The lowest BCUT2D eigenvalue weighted by atomic mass is 10.0. The van der Waals surface area contributed by atoms with Crippen LogP contribution in [0.5, 0.6) is 0 Å². The number of amides is 1. The van der Waals surface area contributed by atoms with E-state index in [1.807, 2.05) is 6.08 Å². The topological polar surface area (TPSA) is 95.9 Å². The Bertz CT molecular complexity index is 1260. The largest absolute Gasteiger partial charge is 0.466 e. The van der Waals surface area contributed by atoms with Gasteiger partial charge in [-0.3, -0.25) is 9.59 Å². The molecule has 0 radical (unpaired) electrons. The van der Waals surface area contributed by atoms with Crippen molar-refractivity contribution in [2.45, 2.75) is 366 Å². The van der Waals surface area contributed by atoms with Gasteiger partial charge in [0.05, 0.1) is 25.4 Å². The second-order valence-electron chi connectivity index (χ2n) is 22.8. The van der Waals surface area contributed by atoms with Crippen molar-refractivity contribution >= 4 is 11.9 Å². The van der Waals surface area contributed by atoms with Crippen LogP contribution in [0.15, 0.2) is 48.6 Å². The van der Waals surface area contributed by atoms with Crippen LogP contribution in [0.4, 0.5) is 0 Å². The maximum absolute atomic E-state index is 12.4. The first kappa shape index (κ1) is 72.8. The molecule has 0 fully saturated rings. The van der Waals surface area contributed by atoms with Gasteiger partial charge in [-0.1, -0.05) is 300 Å². The summed E-state index contributed by atoms with van der Waals surface area (Å²) in [6, 6.07) is -0.626. The molecule has 0 spiro atoms. The molecule has 0 saturated carbocycles. The number of aliphatic hydroxyl groups excluding tert-OH is 2. The van der Waals surface area contributed by atoms with Crippen LogP contribution in [0.25, 0.3) is 0 Å². The molecule has 2 atom stereocenters. The second-order valence-corrected chi connectivity index (χ2v) is 22.8. The van der Waals surface area contributed by atoms with E-state index >= 15 is 0 Å². The maximum Gasteiger partial charge on any atom is 0.305 e. The van der Waals surface area contributed by atoms with Crippen molar-refractivity contribution in [3.8, 4) is 0 Å². The van der Waals surface area contributed by atoms with Gasteiger partial charge in [0.15, 0.2) is 0 Å². The molecule has 0 rings (SSSR count). The van der Waals surface area contributed by atoms with E-state index in [1.165, 1.54) is 276 Å².